The summed E-state index contributed by atoms with van der Waals surface area (Å²) in [7, 11) is 0. The molecule has 0 radical (unpaired) electrons. The summed E-state index contributed by atoms with van der Waals surface area (Å²) in [6.07, 6.45) is 6.74. The first-order valence-electron chi connectivity index (χ1n) is 9.54. The van der Waals surface area contributed by atoms with Crippen molar-refractivity contribution < 1.29 is 0 Å². The molecule has 2 unspecified atom stereocenters. The third kappa shape index (κ3) is 6.95. The summed E-state index contributed by atoms with van der Waals surface area (Å²) in [5, 5.41) is 14.5. The maximum atomic E-state index is 3.79. The molecule has 0 amide bonds. The van der Waals surface area contributed by atoms with Crippen molar-refractivity contribution in [2.75, 3.05) is 32.7 Å². The van der Waals surface area contributed by atoms with E-state index < -0.39 is 0 Å². The molecular weight excluding hydrogens is 272 g/mol. The summed E-state index contributed by atoms with van der Waals surface area (Å²) >= 11 is 0. The van der Waals surface area contributed by atoms with Crippen LogP contribution in [-0.4, -0.2) is 50.8 Å². The standard InChI is InChI=1S/C18H38N4/c1-14(2)21-13-18-10-16(6-8-20-18)9-15(3)22-12-17-5-4-7-19-11-17/h14-22H,4-13H2,1-3H3/t15?,16?,17-,18-/m0/s1. The van der Waals surface area contributed by atoms with Crippen molar-refractivity contribution in [3.05, 3.63) is 0 Å². The minimum Gasteiger partial charge on any atom is -0.316 e. The highest BCUT2D eigenvalue weighted by molar-refractivity contribution is 4.83. The third-order valence-electron chi connectivity index (χ3n) is 5.22. The first-order valence-corrected chi connectivity index (χ1v) is 9.54. The van der Waals surface area contributed by atoms with E-state index in [9.17, 15) is 0 Å². The van der Waals surface area contributed by atoms with Gasteiger partial charge < -0.3 is 21.3 Å². The van der Waals surface area contributed by atoms with Crippen molar-refractivity contribution in [2.45, 2.75) is 71.0 Å². The molecule has 0 aromatic rings. The number of hydrogen-bond donors (Lipinski definition) is 4. The summed E-state index contributed by atoms with van der Waals surface area (Å²) in [5.74, 6) is 1.72. The molecule has 2 aliphatic heterocycles. The lowest BCUT2D eigenvalue weighted by Crippen LogP contribution is -2.47. The maximum Gasteiger partial charge on any atom is 0.0195 e. The predicted molar refractivity (Wildman–Crippen MR) is 95.3 cm³/mol. The maximum absolute atomic E-state index is 3.79. The van der Waals surface area contributed by atoms with Gasteiger partial charge in [0.25, 0.3) is 0 Å². The van der Waals surface area contributed by atoms with Crippen LogP contribution in [0.5, 0.6) is 0 Å². The lowest BCUT2D eigenvalue weighted by atomic mass is 9.87. The van der Waals surface area contributed by atoms with Gasteiger partial charge in [0.15, 0.2) is 0 Å². The lowest BCUT2D eigenvalue weighted by molar-refractivity contribution is 0.253. The Morgan fingerprint density at radius 3 is 2.59 bits per heavy atom. The van der Waals surface area contributed by atoms with Crippen LogP contribution in [-0.2, 0) is 0 Å². The number of rotatable bonds is 8. The normalized spacial score (nSPS) is 31.4. The van der Waals surface area contributed by atoms with E-state index >= 15 is 0 Å². The SMILES string of the molecule is CC(C)NC[C@@H]1CC(CC(C)NC[C@H]2CCCNC2)CCN1. The van der Waals surface area contributed by atoms with Gasteiger partial charge in [-0.3, -0.25) is 0 Å². The molecular formula is C18H38N4. The first kappa shape index (κ1) is 18.2. The van der Waals surface area contributed by atoms with Crippen LogP contribution in [0.4, 0.5) is 0 Å². The summed E-state index contributed by atoms with van der Waals surface area (Å²) in [5.41, 5.74) is 0. The van der Waals surface area contributed by atoms with Gasteiger partial charge in [-0.1, -0.05) is 13.8 Å². The van der Waals surface area contributed by atoms with Crippen LogP contribution in [0.15, 0.2) is 0 Å². The number of piperidine rings is 2. The Morgan fingerprint density at radius 1 is 1.00 bits per heavy atom. The summed E-state index contributed by atoms with van der Waals surface area (Å²) in [6, 6.07) is 1.91. The molecule has 2 fully saturated rings. The minimum atomic E-state index is 0.590. The zero-order valence-electron chi connectivity index (χ0n) is 15.0. The van der Waals surface area contributed by atoms with E-state index in [1.165, 1.54) is 58.3 Å². The highest BCUT2D eigenvalue weighted by Gasteiger charge is 2.23. The molecule has 2 aliphatic rings. The van der Waals surface area contributed by atoms with Gasteiger partial charge in [0.05, 0.1) is 0 Å². The van der Waals surface area contributed by atoms with Crippen LogP contribution in [0.3, 0.4) is 0 Å². The molecule has 0 saturated carbocycles. The van der Waals surface area contributed by atoms with Crippen molar-refractivity contribution in [1.82, 2.24) is 21.3 Å². The summed E-state index contributed by atoms with van der Waals surface area (Å²) in [4.78, 5) is 0. The van der Waals surface area contributed by atoms with Gasteiger partial charge in [0.1, 0.15) is 0 Å². The molecule has 0 aromatic carbocycles. The molecule has 22 heavy (non-hydrogen) atoms. The molecule has 4 nitrogen and oxygen atoms in total. The van der Waals surface area contributed by atoms with E-state index in [4.69, 9.17) is 0 Å². The van der Waals surface area contributed by atoms with Crippen molar-refractivity contribution in [1.29, 1.82) is 0 Å². The average molecular weight is 311 g/mol. The fourth-order valence-electron chi connectivity index (χ4n) is 3.89. The van der Waals surface area contributed by atoms with Crippen LogP contribution < -0.4 is 21.3 Å². The number of nitrogens with one attached hydrogen (secondary N) is 4. The van der Waals surface area contributed by atoms with E-state index in [2.05, 4.69) is 42.0 Å². The zero-order chi connectivity index (χ0) is 15.8. The molecule has 4 heteroatoms. The largest absolute Gasteiger partial charge is 0.316 e. The second-order valence-electron chi connectivity index (χ2n) is 7.86. The zero-order valence-corrected chi connectivity index (χ0v) is 15.0. The van der Waals surface area contributed by atoms with E-state index in [1.54, 1.807) is 0 Å². The Hall–Kier alpha value is -0.160. The predicted octanol–water partition coefficient (Wildman–Crippen LogP) is 1.72. The molecule has 0 spiro atoms. The first-order chi connectivity index (χ1) is 10.6. The minimum absolute atomic E-state index is 0.590. The molecule has 2 rings (SSSR count). The Kier molecular flexibility index (Phi) is 8.15. The smallest absolute Gasteiger partial charge is 0.0195 e. The second-order valence-corrected chi connectivity index (χ2v) is 7.86. The van der Waals surface area contributed by atoms with Crippen molar-refractivity contribution >= 4 is 0 Å². The molecule has 0 aromatic heterocycles. The van der Waals surface area contributed by atoms with Crippen molar-refractivity contribution in [3.63, 3.8) is 0 Å². The molecule has 2 heterocycles. The van der Waals surface area contributed by atoms with Gasteiger partial charge in [-0.2, -0.15) is 0 Å². The number of hydrogen-bond acceptors (Lipinski definition) is 4. The molecule has 0 bridgehead atoms. The molecule has 0 aliphatic carbocycles. The highest BCUT2D eigenvalue weighted by atomic mass is 15.0. The molecule has 4 N–H and O–H groups in total. The summed E-state index contributed by atoms with van der Waals surface area (Å²) in [6.45, 7) is 12.7. The second kappa shape index (κ2) is 9.86. The topological polar surface area (TPSA) is 48.1 Å². The Balaban J connectivity index is 1.61. The average Bonchev–Trinajstić information content (AvgIpc) is 2.52. The Bertz CT molecular complexity index is 289. The van der Waals surface area contributed by atoms with Gasteiger partial charge in [0, 0.05) is 24.7 Å². The van der Waals surface area contributed by atoms with Crippen LogP contribution in [0, 0.1) is 11.8 Å². The Labute approximate surface area is 137 Å². The van der Waals surface area contributed by atoms with Crippen LogP contribution in [0.25, 0.3) is 0 Å². The monoisotopic (exact) mass is 310 g/mol. The van der Waals surface area contributed by atoms with Gasteiger partial charge in [0.2, 0.25) is 0 Å². The van der Waals surface area contributed by atoms with E-state index in [0.717, 1.165) is 18.4 Å². The van der Waals surface area contributed by atoms with Gasteiger partial charge >= 0.3 is 0 Å². The lowest BCUT2D eigenvalue weighted by Gasteiger charge is -2.33. The van der Waals surface area contributed by atoms with Gasteiger partial charge in [-0.05, 0) is 77.0 Å². The highest BCUT2D eigenvalue weighted by Crippen LogP contribution is 2.21. The molecule has 130 valence electrons. The Morgan fingerprint density at radius 2 is 1.86 bits per heavy atom. The van der Waals surface area contributed by atoms with E-state index in [0.29, 0.717) is 18.1 Å². The molecule has 4 atom stereocenters. The van der Waals surface area contributed by atoms with Crippen LogP contribution >= 0.6 is 0 Å². The quantitative estimate of drug-likeness (QED) is 0.551. The van der Waals surface area contributed by atoms with Crippen molar-refractivity contribution in [3.8, 4) is 0 Å². The van der Waals surface area contributed by atoms with Crippen LogP contribution in [0.2, 0.25) is 0 Å². The van der Waals surface area contributed by atoms with Crippen LogP contribution in [0.1, 0.15) is 52.9 Å². The van der Waals surface area contributed by atoms with Gasteiger partial charge in [-0.15, -0.1) is 0 Å². The fourth-order valence-corrected chi connectivity index (χ4v) is 3.89. The van der Waals surface area contributed by atoms with E-state index in [-0.39, 0.29) is 0 Å². The summed E-state index contributed by atoms with van der Waals surface area (Å²) < 4.78 is 0. The van der Waals surface area contributed by atoms with E-state index in [1.807, 2.05) is 0 Å². The van der Waals surface area contributed by atoms with Crippen molar-refractivity contribution in [2.24, 2.45) is 11.8 Å². The molecule has 2 saturated heterocycles. The van der Waals surface area contributed by atoms with Gasteiger partial charge in [-0.25, -0.2) is 0 Å². The third-order valence-corrected chi connectivity index (χ3v) is 5.22. The fraction of sp³-hybridized carbons (Fsp3) is 1.00.